The molecule has 1 aliphatic rings. The average Bonchev–Trinajstić information content (AvgIpc) is 3.28. The summed E-state index contributed by atoms with van der Waals surface area (Å²) in [6.07, 6.45) is 0. The number of rotatable bonds is 3. The van der Waals surface area contributed by atoms with Crippen LogP contribution in [0.1, 0.15) is 21.5 Å². The molecular formula is C32H18ClN3O7. The molecule has 7 rings (SSSR count). The van der Waals surface area contributed by atoms with E-state index in [0.29, 0.717) is 0 Å². The van der Waals surface area contributed by atoms with Gasteiger partial charge in [-0.25, -0.2) is 0 Å². The first-order valence-corrected chi connectivity index (χ1v) is 13.2. The zero-order valence-corrected chi connectivity index (χ0v) is 23.0. The minimum atomic E-state index is -0.841. The van der Waals surface area contributed by atoms with E-state index in [0.717, 1.165) is 34.7 Å². The van der Waals surface area contributed by atoms with E-state index in [1.54, 1.807) is 0 Å². The van der Waals surface area contributed by atoms with Crippen LogP contribution in [0.25, 0.3) is 43.4 Å². The summed E-state index contributed by atoms with van der Waals surface area (Å²) < 4.78 is 0. The maximum Gasteiger partial charge on any atom is 0.284 e. The highest BCUT2D eigenvalue weighted by atomic mass is 35.5. The van der Waals surface area contributed by atoms with E-state index in [9.17, 15) is 35.1 Å². The summed E-state index contributed by atoms with van der Waals surface area (Å²) in [5.74, 6) is -0.717. The molecule has 0 saturated carbocycles. The minimum absolute atomic E-state index is 0.0597. The molecule has 0 spiro atoms. The molecule has 210 valence electrons. The normalized spacial score (nSPS) is 11.6. The van der Waals surface area contributed by atoms with Crippen molar-refractivity contribution in [2.24, 2.45) is 0 Å². The number of hydrogen-bond donors (Lipinski definition) is 0. The number of ketones is 1. The molecule has 43 heavy (non-hydrogen) atoms. The quantitative estimate of drug-likeness (QED) is 0.0863. The summed E-state index contributed by atoms with van der Waals surface area (Å²) in [6.45, 7) is 2.20. The zero-order chi connectivity index (χ0) is 30.6. The van der Waals surface area contributed by atoms with Crippen molar-refractivity contribution >= 4 is 66.8 Å². The van der Waals surface area contributed by atoms with Crippen LogP contribution in [-0.4, -0.2) is 20.6 Å². The van der Waals surface area contributed by atoms with E-state index in [4.69, 9.17) is 11.6 Å². The molecule has 0 N–H and O–H groups in total. The molecule has 0 fully saturated rings. The fraction of sp³-hybridized carbons (Fsp3) is 0.0312. The fourth-order valence-corrected chi connectivity index (χ4v) is 5.85. The maximum absolute atomic E-state index is 12.3. The van der Waals surface area contributed by atoms with Crippen LogP contribution in [0.3, 0.4) is 0 Å². The Morgan fingerprint density at radius 1 is 0.581 bits per heavy atom. The predicted octanol–water partition coefficient (Wildman–Crippen LogP) is 8.73. The van der Waals surface area contributed by atoms with Crippen LogP contribution in [0.4, 0.5) is 17.1 Å². The minimum Gasteiger partial charge on any atom is -0.289 e. The molecule has 0 atom stereocenters. The standard InChI is InChI=1S/C19H13Cl.C13H5N3O7/c1-12-14-6-3-2-5-13(14)11-18-15(12)9-10-17-16(18)7-4-8-19(17)20;17-13-9-3-6(14(18)19)1-2-8(9)12-10(13)4-7(15(20)21)5-11(12)16(22)23/h2-11H,1H3;1-5H. The van der Waals surface area contributed by atoms with Gasteiger partial charge in [0.15, 0.2) is 5.78 Å². The van der Waals surface area contributed by atoms with E-state index < -0.39 is 31.9 Å². The van der Waals surface area contributed by atoms with Crippen molar-refractivity contribution in [1.29, 1.82) is 0 Å². The number of hydrogen-bond acceptors (Lipinski definition) is 7. The third-order valence-corrected chi connectivity index (χ3v) is 7.93. The number of halogens is 1. The molecule has 0 heterocycles. The van der Waals surface area contributed by atoms with Crippen molar-refractivity contribution in [3.05, 3.63) is 143 Å². The number of aryl methyl sites for hydroxylation is 1. The smallest absolute Gasteiger partial charge is 0.284 e. The lowest BCUT2D eigenvalue weighted by atomic mass is 9.94. The maximum atomic E-state index is 12.3. The lowest BCUT2D eigenvalue weighted by Crippen LogP contribution is -2.00. The van der Waals surface area contributed by atoms with Crippen molar-refractivity contribution in [3.63, 3.8) is 0 Å². The Kier molecular flexibility index (Phi) is 6.55. The lowest BCUT2D eigenvalue weighted by Gasteiger charge is -2.11. The van der Waals surface area contributed by atoms with Gasteiger partial charge < -0.3 is 0 Å². The van der Waals surface area contributed by atoms with Crippen molar-refractivity contribution in [2.75, 3.05) is 0 Å². The Morgan fingerprint density at radius 3 is 1.98 bits per heavy atom. The monoisotopic (exact) mass is 591 g/mol. The summed E-state index contributed by atoms with van der Waals surface area (Å²) in [5, 5.41) is 41.2. The zero-order valence-electron chi connectivity index (χ0n) is 22.2. The molecule has 0 unspecified atom stereocenters. The predicted molar refractivity (Wildman–Crippen MR) is 164 cm³/mol. The molecule has 6 aromatic rings. The van der Waals surface area contributed by atoms with Gasteiger partial charge in [-0.2, -0.15) is 0 Å². The van der Waals surface area contributed by atoms with E-state index in [2.05, 4.69) is 55.5 Å². The summed E-state index contributed by atoms with van der Waals surface area (Å²) in [5.41, 5.74) is -0.393. The van der Waals surface area contributed by atoms with Crippen molar-refractivity contribution in [3.8, 4) is 11.1 Å². The van der Waals surface area contributed by atoms with Crippen LogP contribution in [0.15, 0.2) is 91.0 Å². The molecule has 1 aliphatic carbocycles. The Labute approximate surface area is 247 Å². The number of nitrogens with zero attached hydrogens (tertiary/aromatic N) is 3. The van der Waals surface area contributed by atoms with Crippen LogP contribution >= 0.6 is 11.6 Å². The second-order valence-corrected chi connectivity index (χ2v) is 10.3. The fourth-order valence-electron chi connectivity index (χ4n) is 5.61. The van der Waals surface area contributed by atoms with Crippen LogP contribution in [0, 0.1) is 37.3 Å². The summed E-state index contributed by atoms with van der Waals surface area (Å²) in [4.78, 5) is 42.8. The summed E-state index contributed by atoms with van der Waals surface area (Å²) >= 11 is 6.32. The second-order valence-electron chi connectivity index (χ2n) is 9.94. The third-order valence-electron chi connectivity index (χ3n) is 7.60. The van der Waals surface area contributed by atoms with Crippen molar-refractivity contribution in [1.82, 2.24) is 0 Å². The van der Waals surface area contributed by atoms with Gasteiger partial charge in [0.1, 0.15) is 0 Å². The largest absolute Gasteiger partial charge is 0.289 e. The summed E-state index contributed by atoms with van der Waals surface area (Å²) in [6, 6.07) is 26.3. The molecule has 6 aromatic carbocycles. The first-order valence-electron chi connectivity index (χ1n) is 12.9. The molecule has 0 aromatic heterocycles. The van der Waals surface area contributed by atoms with E-state index in [1.165, 1.54) is 38.6 Å². The van der Waals surface area contributed by atoms with Gasteiger partial charge in [0.05, 0.1) is 26.4 Å². The Hall–Kier alpha value is -5.74. The molecular weight excluding hydrogens is 574 g/mol. The Balaban J connectivity index is 0.000000154. The van der Waals surface area contributed by atoms with E-state index >= 15 is 0 Å². The topological polar surface area (TPSA) is 146 Å². The van der Waals surface area contributed by atoms with Gasteiger partial charge in [-0.05, 0) is 57.6 Å². The average molecular weight is 592 g/mol. The van der Waals surface area contributed by atoms with Crippen LogP contribution in [-0.2, 0) is 0 Å². The highest BCUT2D eigenvalue weighted by molar-refractivity contribution is 6.36. The van der Waals surface area contributed by atoms with Crippen LogP contribution < -0.4 is 0 Å². The lowest BCUT2D eigenvalue weighted by molar-refractivity contribution is -0.393. The Bertz CT molecular complexity index is 2230. The molecule has 10 nitrogen and oxygen atoms in total. The van der Waals surface area contributed by atoms with Crippen LogP contribution in [0.5, 0.6) is 0 Å². The van der Waals surface area contributed by atoms with E-state index in [1.807, 2.05) is 12.1 Å². The van der Waals surface area contributed by atoms with Gasteiger partial charge in [-0.1, -0.05) is 60.1 Å². The number of carbonyl (C=O) groups excluding carboxylic acids is 1. The molecule has 0 bridgehead atoms. The molecule has 0 saturated heterocycles. The Morgan fingerprint density at radius 2 is 1.26 bits per heavy atom. The number of benzene rings is 6. The number of nitro benzene ring substituents is 3. The molecule has 0 amide bonds. The van der Waals surface area contributed by atoms with Gasteiger partial charge in [0, 0.05) is 45.3 Å². The van der Waals surface area contributed by atoms with Gasteiger partial charge in [0.2, 0.25) is 0 Å². The number of nitro groups is 3. The molecule has 11 heteroatoms. The number of carbonyl (C=O) groups is 1. The number of non-ortho nitro benzene ring substituents is 2. The molecule has 0 radical (unpaired) electrons. The van der Waals surface area contributed by atoms with Crippen molar-refractivity contribution in [2.45, 2.75) is 6.92 Å². The van der Waals surface area contributed by atoms with Gasteiger partial charge in [0.25, 0.3) is 17.1 Å². The number of fused-ring (bicyclic) bond motifs is 7. The van der Waals surface area contributed by atoms with Crippen LogP contribution in [0.2, 0.25) is 5.02 Å². The summed E-state index contributed by atoms with van der Waals surface area (Å²) in [7, 11) is 0. The SMILES string of the molecule is Cc1c2ccccc2cc2c1ccc1c(Cl)cccc12.O=C1c2cc([N+](=O)[O-])ccc2-c2c1cc([N+](=O)[O-])cc2[N+](=O)[O-]. The van der Waals surface area contributed by atoms with Gasteiger partial charge in [-0.15, -0.1) is 0 Å². The first-order chi connectivity index (χ1) is 20.6. The van der Waals surface area contributed by atoms with Gasteiger partial charge >= 0.3 is 0 Å². The van der Waals surface area contributed by atoms with Crippen molar-refractivity contribution < 1.29 is 19.6 Å². The first kappa shape index (κ1) is 27.4. The second kappa shape index (κ2) is 10.3. The highest BCUT2D eigenvalue weighted by Gasteiger charge is 2.37. The molecule has 0 aliphatic heterocycles. The van der Waals surface area contributed by atoms with Gasteiger partial charge in [-0.3, -0.25) is 35.1 Å². The highest BCUT2D eigenvalue weighted by Crippen LogP contribution is 2.45. The third kappa shape index (κ3) is 4.50. The van der Waals surface area contributed by atoms with E-state index in [-0.39, 0.29) is 27.9 Å².